The predicted octanol–water partition coefficient (Wildman–Crippen LogP) is 3.09. The molecule has 3 heterocycles. The average molecular weight is 523 g/mol. The molecule has 1 N–H and O–H groups in total. The summed E-state index contributed by atoms with van der Waals surface area (Å²) in [6, 6.07) is 14.0. The normalized spacial score (nSPS) is 14.1. The summed E-state index contributed by atoms with van der Waals surface area (Å²) in [5.74, 6) is -0.846. The molecule has 0 saturated carbocycles. The van der Waals surface area contributed by atoms with Crippen LogP contribution in [-0.4, -0.2) is 69.7 Å². The number of halogens is 1. The summed E-state index contributed by atoms with van der Waals surface area (Å²) in [6.07, 6.45) is 0. The highest BCUT2D eigenvalue weighted by Gasteiger charge is 2.22. The summed E-state index contributed by atoms with van der Waals surface area (Å²) in [5.41, 5.74) is 1.58. The van der Waals surface area contributed by atoms with Crippen LogP contribution in [0.2, 0.25) is 0 Å². The Balaban J connectivity index is 1.20. The van der Waals surface area contributed by atoms with Crippen molar-refractivity contribution in [2.24, 2.45) is 0 Å². The van der Waals surface area contributed by atoms with Crippen molar-refractivity contribution in [2.45, 2.75) is 6.54 Å². The number of hydrogen-bond donors (Lipinski definition) is 1. The molecule has 1 saturated heterocycles. The van der Waals surface area contributed by atoms with Gasteiger partial charge in [-0.1, -0.05) is 23.5 Å². The number of ether oxygens (including phenoxy) is 1. The summed E-state index contributed by atoms with van der Waals surface area (Å²) >= 11 is 1.16. The first-order valence-electron chi connectivity index (χ1n) is 11.5. The SMILES string of the molecule is COC(=O)c1ccc(NC(=O)N2CCN(Cc3cc(=O)n4nc(-c5ccccc5F)sc4n3)CC2)cc1. The Labute approximate surface area is 214 Å². The number of rotatable bonds is 5. The van der Waals surface area contributed by atoms with E-state index in [9.17, 15) is 18.8 Å². The quantitative estimate of drug-likeness (QED) is 0.401. The van der Waals surface area contributed by atoms with Gasteiger partial charge in [-0.25, -0.2) is 19.0 Å². The lowest BCUT2D eigenvalue weighted by atomic mass is 10.2. The molecule has 2 amide bonds. The molecule has 0 bridgehead atoms. The first-order chi connectivity index (χ1) is 17.9. The maximum atomic E-state index is 14.2. The van der Waals surface area contributed by atoms with E-state index in [2.05, 4.69) is 25.0 Å². The molecule has 2 aromatic heterocycles. The Morgan fingerprint density at radius 3 is 2.51 bits per heavy atom. The van der Waals surface area contributed by atoms with Crippen molar-refractivity contribution < 1.29 is 18.7 Å². The fraction of sp³-hybridized carbons (Fsp3) is 0.240. The molecule has 1 aliphatic heterocycles. The van der Waals surface area contributed by atoms with E-state index in [-0.39, 0.29) is 11.6 Å². The number of amides is 2. The molecule has 5 rings (SSSR count). The Morgan fingerprint density at radius 1 is 1.08 bits per heavy atom. The van der Waals surface area contributed by atoms with Gasteiger partial charge in [0.25, 0.3) is 5.56 Å². The number of nitrogens with zero attached hydrogens (tertiary/aromatic N) is 5. The van der Waals surface area contributed by atoms with Crippen molar-refractivity contribution in [3.8, 4) is 10.6 Å². The Bertz CT molecular complexity index is 1510. The van der Waals surface area contributed by atoms with E-state index in [0.717, 1.165) is 11.3 Å². The molecule has 0 radical (unpaired) electrons. The van der Waals surface area contributed by atoms with Crippen LogP contribution in [0.25, 0.3) is 15.5 Å². The van der Waals surface area contributed by atoms with Gasteiger partial charge in [-0.3, -0.25) is 9.69 Å². The third-order valence-electron chi connectivity index (χ3n) is 6.00. The number of methoxy groups -OCH3 is 1. The minimum absolute atomic E-state index is 0.228. The molecule has 4 aromatic rings. The summed E-state index contributed by atoms with van der Waals surface area (Å²) in [4.78, 5) is 45.6. The van der Waals surface area contributed by atoms with Crippen LogP contribution in [-0.2, 0) is 11.3 Å². The molecular formula is C25H23FN6O4S. The molecule has 190 valence electrons. The summed E-state index contributed by atoms with van der Waals surface area (Å²) in [5, 5.41) is 7.47. The largest absolute Gasteiger partial charge is 0.465 e. The highest BCUT2D eigenvalue weighted by atomic mass is 32.1. The number of anilines is 1. The highest BCUT2D eigenvalue weighted by Crippen LogP contribution is 2.26. The molecular weight excluding hydrogens is 499 g/mol. The van der Waals surface area contributed by atoms with Crippen molar-refractivity contribution in [3.63, 3.8) is 0 Å². The third kappa shape index (κ3) is 5.34. The van der Waals surface area contributed by atoms with E-state index in [4.69, 9.17) is 0 Å². The average Bonchev–Trinajstić information content (AvgIpc) is 3.34. The van der Waals surface area contributed by atoms with Gasteiger partial charge in [-0.2, -0.15) is 9.61 Å². The van der Waals surface area contributed by atoms with E-state index in [1.807, 2.05) is 0 Å². The number of piperazine rings is 1. The standard InChI is InChI=1S/C25H23FN6O4S/c1-36-23(34)16-6-8-17(9-7-16)27-24(35)31-12-10-30(11-13-31)15-18-14-21(33)32-25(28-18)37-22(29-32)19-4-2-3-5-20(19)26/h2-9,14H,10-13,15H2,1H3,(H,27,35). The molecule has 37 heavy (non-hydrogen) atoms. The number of esters is 1. The number of benzene rings is 2. The van der Waals surface area contributed by atoms with Crippen LogP contribution in [0.15, 0.2) is 59.4 Å². The number of aromatic nitrogens is 3. The van der Waals surface area contributed by atoms with Crippen molar-refractivity contribution in [1.82, 2.24) is 24.4 Å². The van der Waals surface area contributed by atoms with Gasteiger partial charge in [-0.15, -0.1) is 0 Å². The van der Waals surface area contributed by atoms with Crippen LogP contribution < -0.4 is 10.9 Å². The topological polar surface area (TPSA) is 109 Å². The molecule has 0 unspecified atom stereocenters. The lowest BCUT2D eigenvalue weighted by Gasteiger charge is -2.34. The second-order valence-electron chi connectivity index (χ2n) is 8.43. The molecule has 1 fully saturated rings. The zero-order valence-corrected chi connectivity index (χ0v) is 20.7. The molecule has 1 aliphatic rings. The van der Waals surface area contributed by atoms with E-state index >= 15 is 0 Å². The Kier molecular flexibility index (Phi) is 6.93. The van der Waals surface area contributed by atoms with Crippen LogP contribution in [0.1, 0.15) is 16.1 Å². The Morgan fingerprint density at radius 2 is 1.81 bits per heavy atom. The zero-order valence-electron chi connectivity index (χ0n) is 19.9. The van der Waals surface area contributed by atoms with Gasteiger partial charge in [0.2, 0.25) is 4.96 Å². The fourth-order valence-electron chi connectivity index (χ4n) is 4.03. The smallest absolute Gasteiger partial charge is 0.337 e. The van der Waals surface area contributed by atoms with Crippen LogP contribution in [0.4, 0.5) is 14.9 Å². The van der Waals surface area contributed by atoms with Crippen molar-refractivity contribution in [1.29, 1.82) is 0 Å². The number of urea groups is 1. The summed E-state index contributed by atoms with van der Waals surface area (Å²) < 4.78 is 20.0. The second-order valence-corrected chi connectivity index (χ2v) is 9.39. The lowest BCUT2D eigenvalue weighted by molar-refractivity contribution is 0.0600. The highest BCUT2D eigenvalue weighted by molar-refractivity contribution is 7.19. The first-order valence-corrected chi connectivity index (χ1v) is 12.3. The molecule has 12 heteroatoms. The van der Waals surface area contributed by atoms with E-state index < -0.39 is 11.8 Å². The Hall–Kier alpha value is -4.16. The van der Waals surface area contributed by atoms with Crippen molar-refractivity contribution in [2.75, 3.05) is 38.6 Å². The van der Waals surface area contributed by atoms with Crippen molar-refractivity contribution >= 4 is 34.0 Å². The number of carbonyl (C=O) groups excluding carboxylic acids is 2. The number of carbonyl (C=O) groups is 2. The maximum Gasteiger partial charge on any atom is 0.337 e. The predicted molar refractivity (Wildman–Crippen MR) is 136 cm³/mol. The van der Waals surface area contributed by atoms with Gasteiger partial charge in [-0.05, 0) is 36.4 Å². The van der Waals surface area contributed by atoms with Gasteiger partial charge in [0.1, 0.15) is 5.82 Å². The molecule has 0 atom stereocenters. The van der Waals surface area contributed by atoms with Crippen LogP contribution in [0.5, 0.6) is 0 Å². The zero-order chi connectivity index (χ0) is 25.9. The number of hydrogen-bond acceptors (Lipinski definition) is 8. The van der Waals surface area contributed by atoms with E-state index in [1.165, 1.54) is 23.8 Å². The van der Waals surface area contributed by atoms with Crippen LogP contribution >= 0.6 is 11.3 Å². The number of fused-ring (bicyclic) bond motifs is 1. The van der Waals surface area contributed by atoms with E-state index in [1.54, 1.807) is 47.4 Å². The van der Waals surface area contributed by atoms with Gasteiger partial charge in [0.05, 0.1) is 18.4 Å². The van der Waals surface area contributed by atoms with Gasteiger partial charge < -0.3 is 15.0 Å². The summed E-state index contributed by atoms with van der Waals surface area (Å²) in [7, 11) is 1.31. The minimum Gasteiger partial charge on any atom is -0.465 e. The monoisotopic (exact) mass is 522 g/mol. The summed E-state index contributed by atoms with van der Waals surface area (Å²) in [6.45, 7) is 2.68. The van der Waals surface area contributed by atoms with Gasteiger partial charge in [0, 0.05) is 50.0 Å². The first kappa shape index (κ1) is 24.5. The lowest BCUT2D eigenvalue weighted by Crippen LogP contribution is -2.49. The van der Waals surface area contributed by atoms with Crippen molar-refractivity contribution in [3.05, 3.63) is 82.0 Å². The van der Waals surface area contributed by atoms with Crippen LogP contribution in [0, 0.1) is 5.82 Å². The van der Waals surface area contributed by atoms with Gasteiger partial charge >= 0.3 is 12.0 Å². The van der Waals surface area contributed by atoms with Crippen LogP contribution in [0.3, 0.4) is 0 Å². The molecule has 0 spiro atoms. The second kappa shape index (κ2) is 10.4. The van der Waals surface area contributed by atoms with E-state index in [0.29, 0.717) is 65.2 Å². The number of nitrogens with one attached hydrogen (secondary N) is 1. The maximum absolute atomic E-state index is 14.2. The van der Waals surface area contributed by atoms with Gasteiger partial charge in [0.15, 0.2) is 5.01 Å². The molecule has 2 aromatic carbocycles. The minimum atomic E-state index is -0.439. The third-order valence-corrected chi connectivity index (χ3v) is 6.95. The molecule has 0 aliphatic carbocycles. The fourth-order valence-corrected chi connectivity index (χ4v) is 4.98. The molecule has 10 nitrogen and oxygen atoms in total.